The molecule has 0 bridgehead atoms. The van der Waals surface area contributed by atoms with Gasteiger partial charge >= 0.3 is 0 Å². The lowest BCUT2D eigenvalue weighted by atomic mass is 10.0. The van der Waals surface area contributed by atoms with Gasteiger partial charge in [0.2, 0.25) is 0 Å². The van der Waals surface area contributed by atoms with Crippen molar-refractivity contribution in [2.75, 3.05) is 11.9 Å². The number of nitrogens with zero attached hydrogens (tertiary/aromatic N) is 1. The first kappa shape index (κ1) is 15.0. The van der Waals surface area contributed by atoms with Gasteiger partial charge in [-0.1, -0.05) is 24.3 Å². The Bertz CT molecular complexity index is 608. The van der Waals surface area contributed by atoms with Gasteiger partial charge in [0.15, 0.2) is 0 Å². The predicted molar refractivity (Wildman–Crippen MR) is 85.5 cm³/mol. The highest BCUT2D eigenvalue weighted by Gasteiger charge is 2.13. The molecule has 1 atom stereocenters. The van der Waals surface area contributed by atoms with Crippen molar-refractivity contribution in [3.8, 4) is 0 Å². The minimum atomic E-state index is -0.159. The molecule has 1 aromatic carbocycles. The molecule has 0 saturated heterocycles. The summed E-state index contributed by atoms with van der Waals surface area (Å²) in [6, 6.07) is 11.6. The molecule has 0 aliphatic carbocycles. The number of pyridine rings is 1. The van der Waals surface area contributed by atoms with Gasteiger partial charge < -0.3 is 10.6 Å². The van der Waals surface area contributed by atoms with E-state index in [1.807, 2.05) is 51.1 Å². The molecule has 110 valence electrons. The Morgan fingerprint density at radius 2 is 2.00 bits per heavy atom. The van der Waals surface area contributed by atoms with Gasteiger partial charge in [0, 0.05) is 6.54 Å². The third-order valence-corrected chi connectivity index (χ3v) is 3.38. The summed E-state index contributed by atoms with van der Waals surface area (Å²) in [5, 5.41) is 6.14. The van der Waals surface area contributed by atoms with Gasteiger partial charge in [-0.3, -0.25) is 4.79 Å². The van der Waals surface area contributed by atoms with Crippen molar-refractivity contribution in [3.63, 3.8) is 0 Å². The molecule has 0 saturated carbocycles. The average molecular weight is 283 g/mol. The van der Waals surface area contributed by atoms with Gasteiger partial charge in [0.25, 0.3) is 5.91 Å². The van der Waals surface area contributed by atoms with Crippen LogP contribution in [0.3, 0.4) is 0 Å². The van der Waals surface area contributed by atoms with Crippen molar-refractivity contribution in [1.82, 2.24) is 10.3 Å². The van der Waals surface area contributed by atoms with Crippen LogP contribution in [0.5, 0.6) is 0 Å². The van der Waals surface area contributed by atoms with Crippen LogP contribution in [0.1, 0.15) is 41.5 Å². The van der Waals surface area contributed by atoms with E-state index in [4.69, 9.17) is 0 Å². The Hall–Kier alpha value is -2.36. The van der Waals surface area contributed by atoms with E-state index in [0.717, 1.165) is 17.8 Å². The minimum Gasteiger partial charge on any atom is -0.384 e. The molecular formula is C17H21N3O. The van der Waals surface area contributed by atoms with E-state index in [1.54, 1.807) is 12.3 Å². The molecule has 2 aromatic rings. The van der Waals surface area contributed by atoms with Gasteiger partial charge in [-0.2, -0.15) is 0 Å². The molecule has 1 amide bonds. The maximum atomic E-state index is 12.2. The van der Waals surface area contributed by atoms with E-state index >= 15 is 0 Å². The van der Waals surface area contributed by atoms with Crippen molar-refractivity contribution < 1.29 is 4.79 Å². The molecule has 0 aliphatic heterocycles. The van der Waals surface area contributed by atoms with Crippen LogP contribution in [0.15, 0.2) is 42.6 Å². The number of hydrogen-bond donors (Lipinski definition) is 2. The highest BCUT2D eigenvalue weighted by molar-refractivity contribution is 5.92. The minimum absolute atomic E-state index is 0.0473. The van der Waals surface area contributed by atoms with Crippen LogP contribution in [-0.2, 0) is 0 Å². The third kappa shape index (κ3) is 3.81. The number of hydrogen-bond acceptors (Lipinski definition) is 3. The van der Waals surface area contributed by atoms with E-state index in [9.17, 15) is 4.79 Å². The Morgan fingerprint density at radius 1 is 1.24 bits per heavy atom. The smallest absolute Gasteiger partial charge is 0.270 e. The van der Waals surface area contributed by atoms with Crippen molar-refractivity contribution in [1.29, 1.82) is 0 Å². The average Bonchev–Trinajstić information content (AvgIpc) is 2.48. The number of amides is 1. The maximum Gasteiger partial charge on any atom is 0.270 e. The molecule has 2 rings (SSSR count). The molecule has 21 heavy (non-hydrogen) atoms. The summed E-state index contributed by atoms with van der Waals surface area (Å²) >= 11 is 0. The summed E-state index contributed by atoms with van der Waals surface area (Å²) in [5.41, 5.74) is 3.63. The molecule has 1 heterocycles. The lowest BCUT2D eigenvalue weighted by Crippen LogP contribution is -2.27. The zero-order chi connectivity index (χ0) is 15.2. The molecule has 4 heteroatoms. The van der Waals surface area contributed by atoms with Crippen molar-refractivity contribution >= 4 is 11.6 Å². The summed E-state index contributed by atoms with van der Waals surface area (Å²) in [7, 11) is 0. The second kappa shape index (κ2) is 6.88. The number of nitrogens with one attached hydrogen (secondary N) is 2. The number of aromatic nitrogens is 1. The summed E-state index contributed by atoms with van der Waals surface area (Å²) in [5.74, 6) is -0.159. The Balaban J connectivity index is 2.05. The molecule has 4 nitrogen and oxygen atoms in total. The van der Waals surface area contributed by atoms with E-state index in [0.29, 0.717) is 5.69 Å². The Morgan fingerprint density at radius 3 is 2.62 bits per heavy atom. The Kier molecular flexibility index (Phi) is 4.93. The number of rotatable bonds is 5. The van der Waals surface area contributed by atoms with Crippen LogP contribution in [0, 0.1) is 6.92 Å². The van der Waals surface area contributed by atoms with Gasteiger partial charge in [-0.05, 0) is 44.0 Å². The predicted octanol–water partition coefficient (Wildman–Crippen LogP) is 3.31. The lowest BCUT2D eigenvalue weighted by Gasteiger charge is -2.16. The van der Waals surface area contributed by atoms with Crippen molar-refractivity contribution in [3.05, 3.63) is 59.4 Å². The van der Waals surface area contributed by atoms with Crippen LogP contribution in [0.2, 0.25) is 0 Å². The van der Waals surface area contributed by atoms with Crippen molar-refractivity contribution in [2.45, 2.75) is 26.8 Å². The second-order valence-electron chi connectivity index (χ2n) is 5.01. The largest absolute Gasteiger partial charge is 0.384 e. The molecule has 1 unspecified atom stereocenters. The molecule has 0 radical (unpaired) electrons. The van der Waals surface area contributed by atoms with Gasteiger partial charge in [-0.25, -0.2) is 4.98 Å². The fourth-order valence-corrected chi connectivity index (χ4v) is 2.26. The van der Waals surface area contributed by atoms with E-state index in [2.05, 4.69) is 15.6 Å². The number of benzene rings is 1. The van der Waals surface area contributed by atoms with Crippen LogP contribution in [0.4, 0.5) is 5.69 Å². The number of anilines is 1. The first-order valence-corrected chi connectivity index (χ1v) is 7.18. The number of aryl methyl sites for hydroxylation is 1. The SMILES string of the molecule is CCNc1ccc(C(=O)NC(C)c2ccccc2C)nc1. The molecule has 0 spiro atoms. The van der Waals surface area contributed by atoms with E-state index in [1.165, 1.54) is 5.56 Å². The molecule has 0 aliphatic rings. The standard InChI is InChI=1S/C17H21N3O/c1-4-18-14-9-10-16(19-11-14)17(21)20-13(3)15-8-6-5-7-12(15)2/h5-11,13,18H,4H2,1-3H3,(H,20,21). The van der Waals surface area contributed by atoms with Crippen LogP contribution < -0.4 is 10.6 Å². The normalized spacial score (nSPS) is 11.8. The van der Waals surface area contributed by atoms with E-state index in [-0.39, 0.29) is 11.9 Å². The lowest BCUT2D eigenvalue weighted by molar-refractivity contribution is 0.0935. The third-order valence-electron chi connectivity index (χ3n) is 3.38. The summed E-state index contributed by atoms with van der Waals surface area (Å²) in [6.07, 6.45) is 1.68. The summed E-state index contributed by atoms with van der Waals surface area (Å²) in [4.78, 5) is 16.4. The first-order chi connectivity index (χ1) is 10.1. The van der Waals surface area contributed by atoms with Crippen molar-refractivity contribution in [2.24, 2.45) is 0 Å². The monoisotopic (exact) mass is 283 g/mol. The fraction of sp³-hybridized carbons (Fsp3) is 0.294. The maximum absolute atomic E-state index is 12.2. The van der Waals surface area contributed by atoms with Gasteiger partial charge in [-0.15, -0.1) is 0 Å². The zero-order valence-electron chi connectivity index (χ0n) is 12.7. The van der Waals surface area contributed by atoms with Crippen LogP contribution >= 0.6 is 0 Å². The highest BCUT2D eigenvalue weighted by atomic mass is 16.1. The molecular weight excluding hydrogens is 262 g/mol. The Labute approximate surface area is 125 Å². The molecule has 0 fully saturated rings. The summed E-state index contributed by atoms with van der Waals surface area (Å²) < 4.78 is 0. The van der Waals surface area contributed by atoms with Gasteiger partial charge in [0.1, 0.15) is 5.69 Å². The zero-order valence-corrected chi connectivity index (χ0v) is 12.7. The molecule has 2 N–H and O–H groups in total. The topological polar surface area (TPSA) is 54.0 Å². The second-order valence-corrected chi connectivity index (χ2v) is 5.01. The van der Waals surface area contributed by atoms with Crippen LogP contribution in [0.25, 0.3) is 0 Å². The highest BCUT2D eigenvalue weighted by Crippen LogP contribution is 2.17. The van der Waals surface area contributed by atoms with E-state index < -0.39 is 0 Å². The fourth-order valence-electron chi connectivity index (χ4n) is 2.26. The summed E-state index contributed by atoms with van der Waals surface area (Å²) in [6.45, 7) is 6.87. The van der Waals surface area contributed by atoms with Gasteiger partial charge in [0.05, 0.1) is 17.9 Å². The molecule has 1 aromatic heterocycles. The van der Waals surface area contributed by atoms with Crippen LogP contribution in [-0.4, -0.2) is 17.4 Å². The quantitative estimate of drug-likeness (QED) is 0.885. The first-order valence-electron chi connectivity index (χ1n) is 7.18. The number of carbonyl (C=O) groups excluding carboxylic acids is 1. The number of carbonyl (C=O) groups is 1.